The molecule has 0 unspecified atom stereocenters. The van der Waals surface area contributed by atoms with Gasteiger partial charge in [0, 0.05) is 31.6 Å². The first kappa shape index (κ1) is 19.8. The number of ether oxygens (including phenoxy) is 3. The summed E-state index contributed by atoms with van der Waals surface area (Å²) < 4.78 is 16.5. The average Bonchev–Trinajstić information content (AvgIpc) is 3.09. The van der Waals surface area contributed by atoms with E-state index in [2.05, 4.69) is 22.8 Å². The van der Waals surface area contributed by atoms with Gasteiger partial charge in [0.1, 0.15) is 0 Å². The van der Waals surface area contributed by atoms with Crippen LogP contribution in [0.25, 0.3) is 0 Å². The molecule has 0 spiro atoms. The normalized spacial score (nSPS) is 17.6. The molecule has 2 N–H and O–H groups in total. The summed E-state index contributed by atoms with van der Waals surface area (Å²) in [6.07, 6.45) is 3.18. The Bertz CT molecular complexity index is 576. The fourth-order valence-electron chi connectivity index (χ4n) is 3.34. The van der Waals surface area contributed by atoms with Crippen LogP contribution in [0.4, 0.5) is 0 Å². The Labute approximate surface area is 155 Å². The van der Waals surface area contributed by atoms with Crippen LogP contribution in [0, 0.1) is 0 Å². The molecule has 25 heavy (non-hydrogen) atoms. The van der Waals surface area contributed by atoms with Crippen LogP contribution in [0.3, 0.4) is 0 Å². The lowest BCUT2D eigenvalue weighted by Crippen LogP contribution is -2.44. The maximum absolute atomic E-state index is 12.1. The Kier molecular flexibility index (Phi) is 7.35. The number of rotatable bonds is 7. The van der Waals surface area contributed by atoms with Crippen molar-refractivity contribution in [2.24, 2.45) is 0 Å². The van der Waals surface area contributed by atoms with Gasteiger partial charge in [-0.05, 0) is 50.6 Å². The van der Waals surface area contributed by atoms with E-state index in [9.17, 15) is 4.79 Å². The van der Waals surface area contributed by atoms with Gasteiger partial charge in [0.05, 0.1) is 0 Å². The third kappa shape index (κ3) is 4.77. The van der Waals surface area contributed by atoms with Crippen molar-refractivity contribution in [1.29, 1.82) is 0 Å². The third-order valence-corrected chi connectivity index (χ3v) is 4.89. The molecule has 1 aromatic rings. The zero-order valence-electron chi connectivity index (χ0n) is 14.6. The van der Waals surface area contributed by atoms with E-state index in [4.69, 9.17) is 14.2 Å². The van der Waals surface area contributed by atoms with Crippen molar-refractivity contribution in [3.63, 3.8) is 0 Å². The standard InChI is InChI=1S/C18H26N2O4.ClH/c1-19-8-2-3-17(21)20-12-18(6-9-22-10-7-18)14-4-5-15-16(11-14)24-13-23-15;/h4-5,11,19H,2-3,6-10,12-13H2,1H3,(H,20,21);1H. The number of carbonyl (C=O) groups excluding carboxylic acids is 1. The molecular weight excluding hydrogens is 344 g/mol. The number of hydrogen-bond acceptors (Lipinski definition) is 5. The maximum Gasteiger partial charge on any atom is 0.231 e. The summed E-state index contributed by atoms with van der Waals surface area (Å²) in [6.45, 7) is 3.19. The second-order valence-electron chi connectivity index (χ2n) is 6.44. The molecule has 1 fully saturated rings. The van der Waals surface area contributed by atoms with Crippen molar-refractivity contribution >= 4 is 18.3 Å². The highest BCUT2D eigenvalue weighted by atomic mass is 35.5. The van der Waals surface area contributed by atoms with Crippen molar-refractivity contribution in [2.75, 3.05) is 40.1 Å². The van der Waals surface area contributed by atoms with Crippen molar-refractivity contribution < 1.29 is 19.0 Å². The highest BCUT2D eigenvalue weighted by Gasteiger charge is 2.36. The highest BCUT2D eigenvalue weighted by Crippen LogP contribution is 2.40. The highest BCUT2D eigenvalue weighted by molar-refractivity contribution is 5.85. The number of amides is 1. The van der Waals surface area contributed by atoms with Crippen LogP contribution in [0.1, 0.15) is 31.2 Å². The summed E-state index contributed by atoms with van der Waals surface area (Å²) in [4.78, 5) is 12.1. The molecule has 1 aromatic carbocycles. The first-order chi connectivity index (χ1) is 11.7. The molecule has 0 bridgehead atoms. The Balaban J connectivity index is 0.00000225. The van der Waals surface area contributed by atoms with E-state index in [-0.39, 0.29) is 30.5 Å². The molecular formula is C18H27ClN2O4. The molecule has 0 radical (unpaired) electrons. The molecule has 6 nitrogen and oxygen atoms in total. The Morgan fingerprint density at radius 2 is 1.96 bits per heavy atom. The number of benzene rings is 1. The van der Waals surface area contributed by atoms with Gasteiger partial charge in [0.2, 0.25) is 12.7 Å². The summed E-state index contributed by atoms with van der Waals surface area (Å²) in [5.74, 6) is 1.69. The van der Waals surface area contributed by atoms with Gasteiger partial charge in [-0.3, -0.25) is 4.79 Å². The predicted molar refractivity (Wildman–Crippen MR) is 97.7 cm³/mol. The smallest absolute Gasteiger partial charge is 0.231 e. The van der Waals surface area contributed by atoms with E-state index in [0.29, 0.717) is 26.2 Å². The van der Waals surface area contributed by atoms with Crippen molar-refractivity contribution in [2.45, 2.75) is 31.1 Å². The SMILES string of the molecule is CNCCCC(=O)NCC1(c2ccc3c(c2)OCO3)CCOCC1.Cl. The fourth-order valence-corrected chi connectivity index (χ4v) is 3.34. The summed E-state index contributed by atoms with van der Waals surface area (Å²) in [5.41, 5.74) is 1.09. The predicted octanol–water partition coefficient (Wildman–Crippen LogP) is 2.00. The third-order valence-electron chi connectivity index (χ3n) is 4.89. The van der Waals surface area contributed by atoms with E-state index in [1.807, 2.05) is 13.1 Å². The van der Waals surface area contributed by atoms with E-state index in [1.165, 1.54) is 5.56 Å². The van der Waals surface area contributed by atoms with Crippen LogP contribution in [-0.2, 0) is 14.9 Å². The second kappa shape index (κ2) is 9.27. The van der Waals surface area contributed by atoms with E-state index in [1.54, 1.807) is 0 Å². The Morgan fingerprint density at radius 1 is 1.20 bits per heavy atom. The molecule has 0 saturated carbocycles. The van der Waals surface area contributed by atoms with E-state index < -0.39 is 0 Å². The number of nitrogens with one attached hydrogen (secondary N) is 2. The summed E-state index contributed by atoms with van der Waals surface area (Å²) >= 11 is 0. The molecule has 2 heterocycles. The number of carbonyl (C=O) groups is 1. The molecule has 3 rings (SSSR count). The topological polar surface area (TPSA) is 68.8 Å². The average molecular weight is 371 g/mol. The van der Waals surface area contributed by atoms with Gasteiger partial charge < -0.3 is 24.8 Å². The summed E-state index contributed by atoms with van der Waals surface area (Å²) in [5, 5.41) is 6.19. The van der Waals surface area contributed by atoms with Gasteiger partial charge in [-0.2, -0.15) is 0 Å². The minimum atomic E-state index is -0.0993. The summed E-state index contributed by atoms with van der Waals surface area (Å²) in [6, 6.07) is 6.11. The van der Waals surface area contributed by atoms with Gasteiger partial charge in [-0.25, -0.2) is 0 Å². The zero-order valence-corrected chi connectivity index (χ0v) is 15.5. The Hall–Kier alpha value is -1.50. The maximum atomic E-state index is 12.1. The molecule has 1 saturated heterocycles. The second-order valence-corrected chi connectivity index (χ2v) is 6.44. The quantitative estimate of drug-likeness (QED) is 0.718. The largest absolute Gasteiger partial charge is 0.454 e. The number of halogens is 1. The lowest BCUT2D eigenvalue weighted by atomic mass is 9.74. The first-order valence-electron chi connectivity index (χ1n) is 8.63. The lowest BCUT2D eigenvalue weighted by Gasteiger charge is -2.38. The minimum absolute atomic E-state index is 0. The van der Waals surface area contributed by atoms with Gasteiger partial charge in [0.25, 0.3) is 0 Å². The molecule has 0 aliphatic carbocycles. The van der Waals surface area contributed by atoms with Crippen LogP contribution >= 0.6 is 12.4 Å². The molecule has 7 heteroatoms. The van der Waals surface area contributed by atoms with E-state index >= 15 is 0 Å². The van der Waals surface area contributed by atoms with Gasteiger partial charge in [0.15, 0.2) is 11.5 Å². The monoisotopic (exact) mass is 370 g/mol. The van der Waals surface area contributed by atoms with Gasteiger partial charge >= 0.3 is 0 Å². The molecule has 0 aromatic heterocycles. The van der Waals surface area contributed by atoms with Crippen LogP contribution < -0.4 is 20.1 Å². The first-order valence-corrected chi connectivity index (χ1v) is 8.63. The number of hydrogen-bond donors (Lipinski definition) is 2. The van der Waals surface area contributed by atoms with Crippen LogP contribution in [0.5, 0.6) is 11.5 Å². The lowest BCUT2D eigenvalue weighted by molar-refractivity contribution is -0.121. The number of fused-ring (bicyclic) bond motifs is 1. The van der Waals surface area contributed by atoms with Crippen molar-refractivity contribution in [3.8, 4) is 11.5 Å². The molecule has 0 atom stereocenters. The van der Waals surface area contributed by atoms with Gasteiger partial charge in [-0.1, -0.05) is 6.07 Å². The van der Waals surface area contributed by atoms with Crippen LogP contribution in [0.15, 0.2) is 18.2 Å². The summed E-state index contributed by atoms with van der Waals surface area (Å²) in [7, 11) is 1.90. The molecule has 1 amide bonds. The van der Waals surface area contributed by atoms with Crippen molar-refractivity contribution in [1.82, 2.24) is 10.6 Å². The zero-order chi connectivity index (χ0) is 16.8. The van der Waals surface area contributed by atoms with Gasteiger partial charge in [-0.15, -0.1) is 12.4 Å². The van der Waals surface area contributed by atoms with Crippen molar-refractivity contribution in [3.05, 3.63) is 23.8 Å². The van der Waals surface area contributed by atoms with Crippen LogP contribution in [0.2, 0.25) is 0 Å². The fraction of sp³-hybridized carbons (Fsp3) is 0.611. The minimum Gasteiger partial charge on any atom is -0.454 e. The Morgan fingerprint density at radius 3 is 2.72 bits per heavy atom. The van der Waals surface area contributed by atoms with Crippen LogP contribution in [-0.4, -0.2) is 46.1 Å². The molecule has 140 valence electrons. The van der Waals surface area contributed by atoms with E-state index in [0.717, 1.165) is 37.3 Å². The molecule has 2 aliphatic rings. The molecule has 2 aliphatic heterocycles.